The van der Waals surface area contributed by atoms with Crippen molar-refractivity contribution >= 4 is 40.1 Å². The summed E-state index contributed by atoms with van der Waals surface area (Å²) in [6, 6.07) is 8.78. The van der Waals surface area contributed by atoms with Gasteiger partial charge in [0.15, 0.2) is 5.17 Å². The molecule has 2 amide bonds. The van der Waals surface area contributed by atoms with Gasteiger partial charge in [-0.3, -0.25) is 15.0 Å². The molecule has 0 saturated carbocycles. The minimum absolute atomic E-state index is 0.0309. The number of hydrogen-bond donors (Lipinski definition) is 3. The zero-order valence-electron chi connectivity index (χ0n) is 16.4. The molecule has 30 heavy (non-hydrogen) atoms. The number of halogens is 2. The summed E-state index contributed by atoms with van der Waals surface area (Å²) in [6.45, 7) is 7.45. The molecule has 156 valence electrons. The van der Waals surface area contributed by atoms with Gasteiger partial charge in [-0.25, -0.2) is 8.78 Å². The molecular formula is C21H20F2N4O2S. The summed E-state index contributed by atoms with van der Waals surface area (Å²) >= 11 is 1.08. The number of anilines is 1. The minimum atomic E-state index is -0.781. The van der Waals surface area contributed by atoms with Crippen molar-refractivity contribution in [1.82, 2.24) is 10.7 Å². The van der Waals surface area contributed by atoms with E-state index in [0.717, 1.165) is 40.7 Å². The zero-order chi connectivity index (χ0) is 21.8. The Morgan fingerprint density at radius 1 is 1.23 bits per heavy atom. The minimum Gasteiger partial charge on any atom is -0.326 e. The number of carbonyl (C=O) groups is 2. The lowest BCUT2D eigenvalue weighted by atomic mass is 10.1. The molecule has 9 heteroatoms. The van der Waals surface area contributed by atoms with Crippen molar-refractivity contribution < 1.29 is 18.4 Å². The molecule has 1 aliphatic heterocycles. The van der Waals surface area contributed by atoms with Crippen molar-refractivity contribution in [2.75, 3.05) is 5.32 Å². The molecule has 1 atom stereocenters. The van der Waals surface area contributed by atoms with Crippen LogP contribution in [0.25, 0.3) is 5.70 Å². The predicted molar refractivity (Wildman–Crippen MR) is 115 cm³/mol. The fraction of sp³-hybridized carbons (Fsp3) is 0.190. The Kier molecular flexibility index (Phi) is 6.51. The molecule has 1 heterocycles. The maximum absolute atomic E-state index is 13.8. The van der Waals surface area contributed by atoms with Gasteiger partial charge in [-0.05, 0) is 37.1 Å². The van der Waals surface area contributed by atoms with Crippen molar-refractivity contribution in [3.8, 4) is 0 Å². The molecule has 0 aliphatic carbocycles. The van der Waals surface area contributed by atoms with Gasteiger partial charge in [-0.15, -0.1) is 5.10 Å². The number of amides is 2. The lowest BCUT2D eigenvalue weighted by Crippen LogP contribution is -2.28. The highest BCUT2D eigenvalue weighted by atomic mass is 32.2. The third kappa shape index (κ3) is 5.04. The average Bonchev–Trinajstić information content (AvgIpc) is 3.02. The molecule has 6 nitrogen and oxygen atoms in total. The smallest absolute Gasteiger partial charge is 0.240 e. The standard InChI is InChI=1S/C21H20F2N4O2S/c1-11-5-4-6-12(2)19(11)24-18(28)10-17-20(29)25-21(30-17)27-26-13(3)15-8-7-14(22)9-16(15)23/h4-9,17,26H,3,10H2,1-2H3,(H,24,28)(H,25,27,29)/t17-/m0/s1. The topological polar surface area (TPSA) is 82.6 Å². The van der Waals surface area contributed by atoms with Gasteiger partial charge >= 0.3 is 0 Å². The van der Waals surface area contributed by atoms with Crippen molar-refractivity contribution in [2.24, 2.45) is 5.10 Å². The van der Waals surface area contributed by atoms with Gasteiger partial charge in [0.1, 0.15) is 16.9 Å². The fourth-order valence-corrected chi connectivity index (χ4v) is 3.80. The quantitative estimate of drug-likeness (QED) is 0.611. The summed E-state index contributed by atoms with van der Waals surface area (Å²) in [5.74, 6) is -2.12. The molecule has 2 aromatic carbocycles. The van der Waals surface area contributed by atoms with Gasteiger partial charge in [0.25, 0.3) is 0 Å². The van der Waals surface area contributed by atoms with E-state index in [1.807, 2.05) is 32.0 Å². The lowest BCUT2D eigenvalue weighted by Gasteiger charge is -2.12. The van der Waals surface area contributed by atoms with Crippen LogP contribution in [0.3, 0.4) is 0 Å². The molecule has 1 saturated heterocycles. The molecule has 0 spiro atoms. The number of hydrazone groups is 1. The van der Waals surface area contributed by atoms with E-state index in [9.17, 15) is 18.4 Å². The number of benzene rings is 2. The number of carbonyl (C=O) groups excluding carboxylic acids is 2. The molecule has 1 aliphatic rings. The van der Waals surface area contributed by atoms with Crippen molar-refractivity contribution in [1.29, 1.82) is 0 Å². The second-order valence-electron chi connectivity index (χ2n) is 6.75. The molecule has 3 N–H and O–H groups in total. The third-order valence-corrected chi connectivity index (χ3v) is 5.52. The molecule has 0 unspecified atom stereocenters. The fourth-order valence-electron chi connectivity index (χ4n) is 2.88. The van der Waals surface area contributed by atoms with E-state index >= 15 is 0 Å². The van der Waals surface area contributed by atoms with Crippen LogP contribution in [0.1, 0.15) is 23.1 Å². The van der Waals surface area contributed by atoms with Crippen LogP contribution >= 0.6 is 11.8 Å². The normalized spacial score (nSPS) is 17.0. The van der Waals surface area contributed by atoms with Gasteiger partial charge in [-0.1, -0.05) is 36.5 Å². The van der Waals surface area contributed by atoms with Crippen LogP contribution in [0.4, 0.5) is 14.5 Å². The van der Waals surface area contributed by atoms with Gasteiger partial charge in [0.2, 0.25) is 11.8 Å². The van der Waals surface area contributed by atoms with Crippen LogP contribution < -0.4 is 16.1 Å². The van der Waals surface area contributed by atoms with Crippen molar-refractivity contribution in [2.45, 2.75) is 25.5 Å². The Labute approximate surface area is 176 Å². The van der Waals surface area contributed by atoms with E-state index in [-0.39, 0.29) is 34.7 Å². The highest BCUT2D eigenvalue weighted by Gasteiger charge is 2.32. The van der Waals surface area contributed by atoms with Crippen LogP contribution in [0.15, 0.2) is 48.1 Å². The van der Waals surface area contributed by atoms with Crippen LogP contribution in [0.5, 0.6) is 0 Å². The first-order valence-corrected chi connectivity index (χ1v) is 9.94. The highest BCUT2D eigenvalue weighted by Crippen LogP contribution is 2.25. The van der Waals surface area contributed by atoms with Gasteiger partial charge in [0.05, 0.1) is 5.70 Å². The summed E-state index contributed by atoms with van der Waals surface area (Å²) < 4.78 is 26.8. The number of thioether (sulfide) groups is 1. The summed E-state index contributed by atoms with van der Waals surface area (Å²) in [5, 5.41) is 8.98. The van der Waals surface area contributed by atoms with Gasteiger partial charge in [-0.2, -0.15) is 0 Å². The summed E-state index contributed by atoms with van der Waals surface area (Å²) in [6.07, 6.45) is -0.0309. The summed E-state index contributed by atoms with van der Waals surface area (Å²) in [4.78, 5) is 24.6. The van der Waals surface area contributed by atoms with E-state index < -0.39 is 16.9 Å². The number of rotatable bonds is 6. The number of hydrogen-bond acceptors (Lipinski definition) is 5. The third-order valence-electron chi connectivity index (χ3n) is 4.44. The first-order chi connectivity index (χ1) is 14.2. The Morgan fingerprint density at radius 3 is 2.60 bits per heavy atom. The Morgan fingerprint density at radius 2 is 1.93 bits per heavy atom. The van der Waals surface area contributed by atoms with Crippen LogP contribution in [-0.4, -0.2) is 22.2 Å². The monoisotopic (exact) mass is 430 g/mol. The van der Waals surface area contributed by atoms with Gasteiger partial charge < -0.3 is 10.6 Å². The molecular weight excluding hydrogens is 410 g/mol. The predicted octanol–water partition coefficient (Wildman–Crippen LogP) is 3.67. The number of nitrogens with one attached hydrogen (secondary N) is 3. The molecule has 0 aromatic heterocycles. The maximum Gasteiger partial charge on any atom is 0.240 e. The highest BCUT2D eigenvalue weighted by molar-refractivity contribution is 8.15. The first-order valence-electron chi connectivity index (χ1n) is 9.06. The first kappa shape index (κ1) is 21.5. The van der Waals surface area contributed by atoms with Crippen LogP contribution in [-0.2, 0) is 9.59 Å². The molecule has 1 fully saturated rings. The van der Waals surface area contributed by atoms with E-state index in [0.29, 0.717) is 0 Å². The molecule has 2 aromatic rings. The largest absolute Gasteiger partial charge is 0.326 e. The second-order valence-corrected chi connectivity index (χ2v) is 7.94. The maximum atomic E-state index is 13.8. The molecule has 0 bridgehead atoms. The average molecular weight is 430 g/mol. The van der Waals surface area contributed by atoms with Crippen LogP contribution in [0.2, 0.25) is 0 Å². The Balaban J connectivity index is 1.59. The number of para-hydroxylation sites is 1. The zero-order valence-corrected chi connectivity index (χ0v) is 17.2. The summed E-state index contributed by atoms with van der Waals surface area (Å²) in [7, 11) is 0. The Bertz CT molecular complexity index is 1040. The summed E-state index contributed by atoms with van der Waals surface area (Å²) in [5.41, 5.74) is 5.31. The van der Waals surface area contributed by atoms with Crippen molar-refractivity contribution in [3.63, 3.8) is 0 Å². The van der Waals surface area contributed by atoms with E-state index in [1.165, 1.54) is 6.07 Å². The Hall–Kier alpha value is -3.20. The van der Waals surface area contributed by atoms with Gasteiger partial charge in [0, 0.05) is 23.7 Å². The molecule has 3 rings (SSSR count). The van der Waals surface area contributed by atoms with E-state index in [1.54, 1.807) is 0 Å². The number of aryl methyl sites for hydroxylation is 2. The van der Waals surface area contributed by atoms with Crippen molar-refractivity contribution in [3.05, 3.63) is 71.3 Å². The SMILES string of the molecule is C=C(N/N=C1\NC(=O)[C@H](CC(=O)Nc2c(C)cccc2C)S1)c1ccc(F)cc1F. The number of amidine groups is 1. The second kappa shape index (κ2) is 9.08. The van der Waals surface area contributed by atoms with E-state index in [2.05, 4.69) is 27.7 Å². The van der Waals surface area contributed by atoms with E-state index in [4.69, 9.17) is 0 Å². The molecule has 0 radical (unpaired) electrons. The lowest BCUT2D eigenvalue weighted by molar-refractivity contribution is -0.122. The van der Waals surface area contributed by atoms with Crippen LogP contribution in [0, 0.1) is 25.5 Å². The number of nitrogens with zero attached hydrogens (tertiary/aromatic N) is 1.